The molecular formula is C21H18N6O5S. The number of anilines is 2. The number of ether oxygens (including phenoxy) is 1. The van der Waals surface area contributed by atoms with Gasteiger partial charge in [0.2, 0.25) is 10.0 Å². The first-order valence-electron chi connectivity index (χ1n) is 9.56. The number of sulfonamides is 1. The molecule has 0 unspecified atom stereocenters. The zero-order chi connectivity index (χ0) is 23.4. The third-order valence-corrected chi connectivity index (χ3v) is 5.52. The van der Waals surface area contributed by atoms with E-state index in [0.29, 0.717) is 16.9 Å². The predicted molar refractivity (Wildman–Crippen MR) is 120 cm³/mol. The molecule has 0 saturated heterocycles. The van der Waals surface area contributed by atoms with Crippen LogP contribution in [0.1, 0.15) is 11.1 Å². The number of fused-ring (bicyclic) bond motifs is 1. The molecule has 0 spiro atoms. The van der Waals surface area contributed by atoms with Crippen LogP contribution < -0.4 is 25.9 Å². The fourth-order valence-electron chi connectivity index (χ4n) is 2.96. The van der Waals surface area contributed by atoms with E-state index in [1.807, 2.05) is 0 Å². The van der Waals surface area contributed by atoms with Gasteiger partial charge >= 0.3 is 6.09 Å². The van der Waals surface area contributed by atoms with Crippen molar-refractivity contribution in [1.82, 2.24) is 10.3 Å². The number of primary sulfonamides is 1. The second kappa shape index (κ2) is 9.06. The molecule has 12 heteroatoms. The molecule has 4 rings (SSSR count). The average molecular weight is 466 g/mol. The van der Waals surface area contributed by atoms with Crippen molar-refractivity contribution in [2.75, 3.05) is 10.7 Å². The van der Waals surface area contributed by atoms with Crippen molar-refractivity contribution in [3.05, 3.63) is 78.1 Å². The molecule has 1 aliphatic rings. The number of pyridine rings is 1. The number of nitrogens with zero attached hydrogens (tertiary/aromatic N) is 2. The molecule has 2 amide bonds. The minimum absolute atomic E-state index is 0.0475. The highest BCUT2D eigenvalue weighted by Gasteiger charge is 2.27. The highest BCUT2D eigenvalue weighted by molar-refractivity contribution is 7.89. The predicted octanol–water partition coefficient (Wildman–Crippen LogP) is 1.79. The summed E-state index contributed by atoms with van der Waals surface area (Å²) in [7, 11) is -3.81. The van der Waals surface area contributed by atoms with Crippen LogP contribution in [0.5, 0.6) is 5.75 Å². The molecule has 0 aliphatic carbocycles. The summed E-state index contributed by atoms with van der Waals surface area (Å²) < 4.78 is 28.0. The first kappa shape index (κ1) is 21.9. The Morgan fingerprint density at radius 3 is 2.52 bits per heavy atom. The molecule has 5 N–H and O–H groups in total. The van der Waals surface area contributed by atoms with Crippen molar-refractivity contribution in [3.63, 3.8) is 0 Å². The lowest BCUT2D eigenvalue weighted by molar-refractivity contribution is -0.110. The van der Waals surface area contributed by atoms with E-state index in [1.54, 1.807) is 36.7 Å². The summed E-state index contributed by atoms with van der Waals surface area (Å²) in [6.45, 7) is 0.271. The topological polar surface area (TPSA) is 165 Å². The summed E-state index contributed by atoms with van der Waals surface area (Å²) in [5, 5.41) is 14.5. The van der Waals surface area contributed by atoms with E-state index >= 15 is 0 Å². The van der Waals surface area contributed by atoms with E-state index < -0.39 is 22.0 Å². The van der Waals surface area contributed by atoms with Gasteiger partial charge in [-0.05, 0) is 60.2 Å². The number of nitrogens with one attached hydrogen (secondary N) is 3. The van der Waals surface area contributed by atoms with Gasteiger partial charge in [0.25, 0.3) is 5.91 Å². The van der Waals surface area contributed by atoms with E-state index in [-0.39, 0.29) is 22.9 Å². The van der Waals surface area contributed by atoms with E-state index in [9.17, 15) is 18.0 Å². The summed E-state index contributed by atoms with van der Waals surface area (Å²) in [4.78, 5) is 28.3. The summed E-state index contributed by atoms with van der Waals surface area (Å²) in [6, 6.07) is 13.8. The standard InChI is InChI=1S/C21H18N6O5S/c22-33(30,31)16-4-1-14(2-5-16)26-27-19-17-11-15(3-6-18(17)25-20(19)28)32-21(29)24-12-13-7-9-23-10-8-13/h1-11,26H,12H2,(H,24,29)(H2,22,30,31)(H,25,27,28). The lowest BCUT2D eigenvalue weighted by Gasteiger charge is -2.08. The Kier molecular flexibility index (Phi) is 6.02. The van der Waals surface area contributed by atoms with Gasteiger partial charge in [0.05, 0.1) is 16.3 Å². The van der Waals surface area contributed by atoms with E-state index in [2.05, 4.69) is 26.1 Å². The second-order valence-electron chi connectivity index (χ2n) is 6.90. The van der Waals surface area contributed by atoms with E-state index in [4.69, 9.17) is 9.88 Å². The number of rotatable bonds is 6. The molecule has 0 bridgehead atoms. The van der Waals surface area contributed by atoms with Crippen molar-refractivity contribution in [1.29, 1.82) is 0 Å². The lowest BCUT2D eigenvalue weighted by Crippen LogP contribution is -2.26. The second-order valence-corrected chi connectivity index (χ2v) is 8.46. The number of aromatic nitrogens is 1. The monoisotopic (exact) mass is 466 g/mol. The van der Waals surface area contributed by atoms with Crippen LogP contribution in [0.3, 0.4) is 0 Å². The molecule has 3 aromatic rings. The minimum atomic E-state index is -3.81. The van der Waals surface area contributed by atoms with Crippen LogP contribution >= 0.6 is 0 Å². The maximum atomic E-state index is 12.3. The number of hydrazone groups is 1. The number of hydrogen-bond donors (Lipinski definition) is 4. The van der Waals surface area contributed by atoms with Gasteiger partial charge in [-0.3, -0.25) is 15.2 Å². The summed E-state index contributed by atoms with van der Waals surface area (Å²) in [5.41, 5.74) is 5.03. The number of amides is 2. The maximum absolute atomic E-state index is 12.3. The Morgan fingerprint density at radius 1 is 1.09 bits per heavy atom. The summed E-state index contributed by atoms with van der Waals surface area (Å²) in [5.74, 6) is -0.222. The molecule has 0 fully saturated rings. The van der Waals surface area contributed by atoms with Gasteiger partial charge in [-0.25, -0.2) is 18.4 Å². The maximum Gasteiger partial charge on any atom is 0.412 e. The molecule has 2 heterocycles. The number of nitrogens with two attached hydrogens (primary N) is 1. The molecule has 0 saturated carbocycles. The third-order valence-electron chi connectivity index (χ3n) is 4.59. The van der Waals surface area contributed by atoms with Crippen LogP contribution in [0.25, 0.3) is 0 Å². The summed E-state index contributed by atoms with van der Waals surface area (Å²) >= 11 is 0. The van der Waals surface area contributed by atoms with Gasteiger partial charge in [-0.15, -0.1) is 0 Å². The molecule has 0 radical (unpaired) electrons. The van der Waals surface area contributed by atoms with Crippen LogP contribution in [0.15, 0.2) is 77.0 Å². The third kappa shape index (κ3) is 5.31. The minimum Gasteiger partial charge on any atom is -0.410 e. The smallest absolute Gasteiger partial charge is 0.410 e. The summed E-state index contributed by atoms with van der Waals surface area (Å²) in [6.07, 6.45) is 2.59. The van der Waals surface area contributed by atoms with Crippen molar-refractivity contribution in [2.24, 2.45) is 10.2 Å². The van der Waals surface area contributed by atoms with Crippen molar-refractivity contribution in [2.45, 2.75) is 11.4 Å². The Labute approximate surface area is 188 Å². The molecule has 2 aromatic carbocycles. The van der Waals surface area contributed by atoms with Gasteiger partial charge in [0, 0.05) is 24.5 Å². The Bertz CT molecular complexity index is 1340. The number of carbonyl (C=O) groups is 2. The largest absolute Gasteiger partial charge is 0.412 e. The quantitative estimate of drug-likeness (QED) is 0.402. The van der Waals surface area contributed by atoms with Crippen molar-refractivity contribution in [3.8, 4) is 5.75 Å². The van der Waals surface area contributed by atoms with Gasteiger partial charge in [0.15, 0.2) is 5.71 Å². The molecule has 11 nitrogen and oxygen atoms in total. The molecular weight excluding hydrogens is 448 g/mol. The van der Waals surface area contributed by atoms with E-state index in [0.717, 1.165) is 5.56 Å². The van der Waals surface area contributed by atoms with Crippen LogP contribution in [0.2, 0.25) is 0 Å². The van der Waals surface area contributed by atoms with E-state index in [1.165, 1.54) is 30.3 Å². The van der Waals surface area contributed by atoms with Crippen molar-refractivity contribution >= 4 is 39.1 Å². The molecule has 1 aromatic heterocycles. The zero-order valence-corrected chi connectivity index (χ0v) is 17.8. The first-order chi connectivity index (χ1) is 15.8. The van der Waals surface area contributed by atoms with Gasteiger partial charge in [-0.1, -0.05) is 0 Å². The normalized spacial score (nSPS) is 13.8. The van der Waals surface area contributed by atoms with Crippen LogP contribution in [-0.4, -0.2) is 31.1 Å². The Morgan fingerprint density at radius 2 is 1.82 bits per heavy atom. The highest BCUT2D eigenvalue weighted by Crippen LogP contribution is 2.28. The first-order valence-corrected chi connectivity index (χ1v) is 11.1. The SMILES string of the molecule is NS(=O)(=O)c1ccc(NN=C2C(=O)Nc3ccc(OC(=O)NCc4ccncc4)cc32)cc1. The molecule has 0 atom stereocenters. The Hall–Kier alpha value is -4.29. The fraction of sp³-hybridized carbons (Fsp3) is 0.0476. The highest BCUT2D eigenvalue weighted by atomic mass is 32.2. The zero-order valence-electron chi connectivity index (χ0n) is 17.0. The number of carbonyl (C=O) groups excluding carboxylic acids is 2. The van der Waals surface area contributed by atoms with Crippen molar-refractivity contribution < 1.29 is 22.7 Å². The van der Waals surface area contributed by atoms with Gasteiger partial charge < -0.3 is 15.4 Å². The molecule has 33 heavy (non-hydrogen) atoms. The number of benzene rings is 2. The molecule has 1 aliphatic heterocycles. The van der Waals surface area contributed by atoms with Gasteiger partial charge in [-0.2, -0.15) is 5.10 Å². The van der Waals surface area contributed by atoms with Gasteiger partial charge in [0.1, 0.15) is 5.75 Å². The van der Waals surface area contributed by atoms with Crippen LogP contribution in [0.4, 0.5) is 16.2 Å². The number of hydrogen-bond acceptors (Lipinski definition) is 8. The Balaban J connectivity index is 1.45. The average Bonchev–Trinajstić information content (AvgIpc) is 3.11. The molecule has 168 valence electrons. The van der Waals surface area contributed by atoms with Crippen LogP contribution in [-0.2, 0) is 21.4 Å². The fourth-order valence-corrected chi connectivity index (χ4v) is 3.48. The van der Waals surface area contributed by atoms with Crippen LogP contribution in [0, 0.1) is 0 Å². The lowest BCUT2D eigenvalue weighted by atomic mass is 10.1.